The minimum atomic E-state index is -3.24. The van der Waals surface area contributed by atoms with Crippen molar-refractivity contribution in [3.05, 3.63) is 59.7 Å². The van der Waals surface area contributed by atoms with Gasteiger partial charge in [-0.3, -0.25) is 0 Å². The summed E-state index contributed by atoms with van der Waals surface area (Å²) >= 11 is 0. The molecule has 1 aliphatic carbocycles. The van der Waals surface area contributed by atoms with Crippen molar-refractivity contribution in [3.63, 3.8) is 0 Å². The summed E-state index contributed by atoms with van der Waals surface area (Å²) in [6.45, 7) is -0.952. The van der Waals surface area contributed by atoms with E-state index < -0.39 is 32.1 Å². The third-order valence-corrected chi connectivity index (χ3v) is 14.6. The maximum atomic E-state index is 14.2. The van der Waals surface area contributed by atoms with Gasteiger partial charge in [-0.05, 0) is 61.1 Å². The molecule has 204 valence electrons. The van der Waals surface area contributed by atoms with Crippen molar-refractivity contribution in [2.75, 3.05) is 0 Å². The van der Waals surface area contributed by atoms with E-state index in [1.54, 1.807) is 5.19 Å². The van der Waals surface area contributed by atoms with Crippen LogP contribution in [-0.4, -0.2) is 14.7 Å². The normalized spacial score (nSPS) is 26.4. The number of alkyl halides is 2. The zero-order valence-electron chi connectivity index (χ0n) is 22.2. The maximum Gasteiger partial charge on any atom is 0.387 e. The number of halogens is 4. The summed E-state index contributed by atoms with van der Waals surface area (Å²) < 4.78 is 57.2. The number of rotatable bonds is 11. The van der Waals surface area contributed by atoms with Crippen LogP contribution in [0.15, 0.2) is 42.5 Å². The molecule has 1 nitrogen and oxygen atoms in total. The van der Waals surface area contributed by atoms with Crippen molar-refractivity contribution in [2.45, 2.75) is 108 Å². The van der Waals surface area contributed by atoms with Crippen molar-refractivity contribution < 1.29 is 22.3 Å². The molecule has 6 heteroatoms. The third kappa shape index (κ3) is 7.39. The minimum Gasteiger partial charge on any atom is -0.429 e. The highest BCUT2D eigenvalue weighted by molar-refractivity contribution is 6.92. The van der Waals surface area contributed by atoms with Gasteiger partial charge in [0.2, 0.25) is 0 Å². The molecular weight excluding hydrogens is 492 g/mol. The predicted molar refractivity (Wildman–Crippen MR) is 145 cm³/mol. The molecule has 0 amide bonds. The van der Waals surface area contributed by atoms with Crippen molar-refractivity contribution in [1.29, 1.82) is 0 Å². The maximum absolute atomic E-state index is 14.2. The summed E-state index contributed by atoms with van der Waals surface area (Å²) in [7, 11) is -1.39. The Hall–Kier alpha value is -1.82. The molecule has 0 N–H and O–H groups in total. The second-order valence-corrected chi connectivity index (χ2v) is 16.2. The number of unbranched alkanes of at least 4 members (excludes halogenated alkanes) is 2. The first-order valence-electron chi connectivity index (χ1n) is 14.4. The largest absolute Gasteiger partial charge is 0.429 e. The first-order chi connectivity index (χ1) is 17.9. The average Bonchev–Trinajstić information content (AvgIpc) is 2.91. The molecule has 2 aromatic carbocycles. The summed E-state index contributed by atoms with van der Waals surface area (Å²) in [5.74, 6) is -1.48. The summed E-state index contributed by atoms with van der Waals surface area (Å²) in [5.41, 5.74) is 0.563. The lowest BCUT2D eigenvalue weighted by Gasteiger charge is -2.40. The molecule has 1 saturated carbocycles. The monoisotopic (exact) mass is 534 g/mol. The molecule has 2 fully saturated rings. The van der Waals surface area contributed by atoms with Gasteiger partial charge in [0.05, 0.1) is 8.07 Å². The smallest absolute Gasteiger partial charge is 0.387 e. The van der Waals surface area contributed by atoms with Crippen LogP contribution in [-0.2, 0) is 0 Å². The predicted octanol–water partition coefficient (Wildman–Crippen LogP) is 9.58. The van der Waals surface area contributed by atoms with E-state index in [0.717, 1.165) is 31.6 Å². The highest BCUT2D eigenvalue weighted by Gasteiger charge is 2.38. The van der Waals surface area contributed by atoms with Gasteiger partial charge >= 0.3 is 6.61 Å². The van der Waals surface area contributed by atoms with E-state index in [0.29, 0.717) is 11.5 Å². The number of hydrogen-bond donors (Lipinski definition) is 0. The van der Waals surface area contributed by atoms with E-state index in [4.69, 9.17) is 0 Å². The number of benzene rings is 2. The van der Waals surface area contributed by atoms with Crippen LogP contribution >= 0.6 is 0 Å². The Morgan fingerprint density at radius 1 is 0.838 bits per heavy atom. The lowest BCUT2D eigenvalue weighted by atomic mass is 9.76. The SMILES string of the molecule is CCCCC[Si]1(c2ccccc2)CCC(CCC2CCC(c3cc(F)c(OC(F)F)c(F)c3)CC2)CC1. The highest BCUT2D eigenvalue weighted by atomic mass is 28.3. The molecule has 2 aliphatic rings. The van der Waals surface area contributed by atoms with Crippen LogP contribution < -0.4 is 9.92 Å². The van der Waals surface area contributed by atoms with Crippen molar-refractivity contribution in [1.82, 2.24) is 0 Å². The van der Waals surface area contributed by atoms with Gasteiger partial charge in [0.1, 0.15) is 0 Å². The van der Waals surface area contributed by atoms with Gasteiger partial charge in [-0.1, -0.05) is 106 Å². The van der Waals surface area contributed by atoms with E-state index in [1.807, 2.05) is 0 Å². The summed E-state index contributed by atoms with van der Waals surface area (Å²) in [6.07, 6.45) is 13.2. The first-order valence-corrected chi connectivity index (χ1v) is 17.0. The number of hydrogen-bond acceptors (Lipinski definition) is 1. The Balaban J connectivity index is 1.25. The standard InChI is InChI=1S/C31H42F4OSi/c1-2-3-7-18-37(27-8-5-4-6-9-27)19-16-24(17-20-37)11-10-23-12-14-25(15-13-23)26-21-28(32)30(29(33)22-26)36-31(34)35/h4-6,8-9,21-25,31H,2-3,7,10-20H2,1H3. The molecule has 0 bridgehead atoms. The minimum absolute atomic E-state index is 0.0798. The van der Waals surface area contributed by atoms with E-state index >= 15 is 0 Å². The van der Waals surface area contributed by atoms with Crippen molar-refractivity contribution in [2.24, 2.45) is 11.8 Å². The van der Waals surface area contributed by atoms with Crippen molar-refractivity contribution in [3.8, 4) is 5.75 Å². The zero-order chi connectivity index (χ0) is 26.3. The second kappa shape index (κ2) is 13.3. The molecule has 0 spiro atoms. The molecule has 4 rings (SSSR count). The molecular formula is C31H42F4OSi. The van der Waals surface area contributed by atoms with Crippen LogP contribution in [0.4, 0.5) is 17.6 Å². The summed E-state index contributed by atoms with van der Waals surface area (Å²) in [4.78, 5) is 0. The average molecular weight is 535 g/mol. The van der Waals surface area contributed by atoms with E-state index in [-0.39, 0.29) is 5.92 Å². The van der Waals surface area contributed by atoms with Gasteiger partial charge in [-0.25, -0.2) is 8.78 Å². The fraction of sp³-hybridized carbons (Fsp3) is 0.613. The Morgan fingerprint density at radius 2 is 1.43 bits per heavy atom. The van der Waals surface area contributed by atoms with Gasteiger partial charge in [0.15, 0.2) is 17.4 Å². The topological polar surface area (TPSA) is 9.23 Å². The summed E-state index contributed by atoms with van der Waals surface area (Å²) in [6, 6.07) is 18.0. The summed E-state index contributed by atoms with van der Waals surface area (Å²) in [5, 5.41) is 1.67. The molecule has 0 atom stereocenters. The quantitative estimate of drug-likeness (QED) is 0.158. The fourth-order valence-electron chi connectivity index (χ4n) is 6.98. The van der Waals surface area contributed by atoms with E-state index in [1.165, 1.54) is 75.2 Å². The zero-order valence-corrected chi connectivity index (χ0v) is 23.2. The van der Waals surface area contributed by atoms with Crippen LogP contribution in [0.5, 0.6) is 5.75 Å². The van der Waals surface area contributed by atoms with E-state index in [2.05, 4.69) is 42.0 Å². The number of ether oxygens (including phenoxy) is 1. The van der Waals surface area contributed by atoms with Crippen LogP contribution in [0.25, 0.3) is 0 Å². The molecule has 0 aromatic heterocycles. The first kappa shape index (κ1) is 28.2. The van der Waals surface area contributed by atoms with Gasteiger partial charge in [-0.2, -0.15) is 8.78 Å². The third-order valence-electron chi connectivity index (χ3n) is 9.24. The molecule has 0 unspecified atom stereocenters. The fourth-order valence-corrected chi connectivity index (χ4v) is 12.3. The molecule has 1 heterocycles. The molecule has 1 aliphatic heterocycles. The Labute approximate surface area is 221 Å². The lowest BCUT2D eigenvalue weighted by molar-refractivity contribution is -0.0546. The van der Waals surface area contributed by atoms with Crippen LogP contribution in [0.2, 0.25) is 18.1 Å². The lowest BCUT2D eigenvalue weighted by Crippen LogP contribution is -2.50. The van der Waals surface area contributed by atoms with Gasteiger partial charge in [0.25, 0.3) is 0 Å². The van der Waals surface area contributed by atoms with Crippen LogP contribution in [0, 0.1) is 23.5 Å². The molecule has 2 aromatic rings. The highest BCUT2D eigenvalue weighted by Crippen LogP contribution is 2.42. The second-order valence-electron chi connectivity index (χ2n) is 11.5. The van der Waals surface area contributed by atoms with Gasteiger partial charge < -0.3 is 4.74 Å². The molecule has 37 heavy (non-hydrogen) atoms. The molecule has 0 radical (unpaired) electrons. The van der Waals surface area contributed by atoms with Gasteiger partial charge in [-0.15, -0.1) is 0 Å². The molecule has 1 saturated heterocycles. The van der Waals surface area contributed by atoms with Crippen molar-refractivity contribution >= 4 is 13.3 Å². The van der Waals surface area contributed by atoms with E-state index in [9.17, 15) is 17.6 Å². The van der Waals surface area contributed by atoms with Crippen LogP contribution in [0.1, 0.15) is 89.0 Å². The Morgan fingerprint density at radius 3 is 2.00 bits per heavy atom. The van der Waals surface area contributed by atoms with Gasteiger partial charge in [0, 0.05) is 0 Å². The van der Waals surface area contributed by atoms with Crippen LogP contribution in [0.3, 0.4) is 0 Å². The Bertz CT molecular complexity index is 943. The Kier molecular flexibility index (Phi) is 10.1.